The molecule has 1 amide bonds. The Labute approximate surface area is 154 Å². The van der Waals surface area contributed by atoms with Crippen molar-refractivity contribution in [2.24, 2.45) is 0 Å². The fourth-order valence-electron chi connectivity index (χ4n) is 3.32. The van der Waals surface area contributed by atoms with Gasteiger partial charge in [0, 0.05) is 12.1 Å². The first-order valence-corrected chi connectivity index (χ1v) is 8.78. The lowest BCUT2D eigenvalue weighted by atomic mass is 10.0. The van der Waals surface area contributed by atoms with E-state index in [1.165, 1.54) is 4.90 Å². The Balaban J connectivity index is 1.64. The Morgan fingerprint density at radius 2 is 1.93 bits per heavy atom. The Morgan fingerprint density at radius 1 is 1.11 bits per heavy atom. The van der Waals surface area contributed by atoms with Gasteiger partial charge in [0.1, 0.15) is 17.7 Å². The van der Waals surface area contributed by atoms with E-state index in [4.69, 9.17) is 4.52 Å². The molecule has 1 atom stereocenters. The van der Waals surface area contributed by atoms with Crippen molar-refractivity contribution in [3.63, 3.8) is 0 Å². The van der Waals surface area contributed by atoms with Crippen LogP contribution in [0.2, 0.25) is 0 Å². The van der Waals surface area contributed by atoms with Gasteiger partial charge in [-0.25, -0.2) is 8.78 Å². The van der Waals surface area contributed by atoms with E-state index in [9.17, 15) is 13.6 Å². The van der Waals surface area contributed by atoms with Crippen molar-refractivity contribution >= 4 is 5.91 Å². The first kappa shape index (κ1) is 17.3. The second kappa shape index (κ2) is 7.26. The SMILES string of the molecule is O=C(c1cc(F)ccc1F)N1CCCCC1c1nc(-c2ccccc2)no1. The van der Waals surface area contributed by atoms with Crippen LogP contribution >= 0.6 is 0 Å². The van der Waals surface area contributed by atoms with Gasteiger partial charge in [0.25, 0.3) is 5.91 Å². The normalized spacial score (nSPS) is 17.1. The van der Waals surface area contributed by atoms with Crippen LogP contribution in [-0.2, 0) is 0 Å². The standard InChI is InChI=1S/C20H17F2N3O2/c21-14-9-10-16(22)15(12-14)20(26)25-11-5-4-8-17(25)19-23-18(24-27-19)13-6-2-1-3-7-13/h1-3,6-7,9-10,12,17H,4-5,8,11H2. The van der Waals surface area contributed by atoms with Gasteiger partial charge in [-0.1, -0.05) is 35.5 Å². The number of likely N-dealkylation sites (tertiary alicyclic amines) is 1. The molecular weight excluding hydrogens is 352 g/mol. The molecule has 4 rings (SSSR count). The van der Waals surface area contributed by atoms with Crippen LogP contribution in [0.3, 0.4) is 0 Å². The van der Waals surface area contributed by atoms with Crippen molar-refractivity contribution in [3.05, 3.63) is 71.6 Å². The molecule has 0 radical (unpaired) electrons. The lowest BCUT2D eigenvalue weighted by molar-refractivity contribution is 0.0556. The third-order valence-electron chi connectivity index (χ3n) is 4.68. The quantitative estimate of drug-likeness (QED) is 0.687. The molecule has 2 heterocycles. The summed E-state index contributed by atoms with van der Waals surface area (Å²) in [6.07, 6.45) is 2.28. The van der Waals surface area contributed by atoms with Gasteiger partial charge in [0.15, 0.2) is 0 Å². The molecule has 2 aromatic carbocycles. The molecule has 1 fully saturated rings. The maximum atomic E-state index is 14.1. The van der Waals surface area contributed by atoms with Gasteiger partial charge in [0.05, 0.1) is 5.56 Å². The fraction of sp³-hybridized carbons (Fsp3) is 0.250. The summed E-state index contributed by atoms with van der Waals surface area (Å²) in [5.41, 5.74) is 0.516. The molecule has 0 spiro atoms. The highest BCUT2D eigenvalue weighted by Crippen LogP contribution is 2.32. The highest BCUT2D eigenvalue weighted by Gasteiger charge is 2.34. The highest BCUT2D eigenvalue weighted by molar-refractivity contribution is 5.94. The number of carbonyl (C=O) groups is 1. The maximum absolute atomic E-state index is 14.1. The van der Waals surface area contributed by atoms with Crippen LogP contribution in [0, 0.1) is 11.6 Å². The summed E-state index contributed by atoms with van der Waals surface area (Å²) in [5.74, 6) is -1.24. The van der Waals surface area contributed by atoms with Crippen molar-refractivity contribution in [1.82, 2.24) is 15.0 Å². The van der Waals surface area contributed by atoms with E-state index in [0.29, 0.717) is 24.7 Å². The molecule has 5 nitrogen and oxygen atoms in total. The molecule has 7 heteroatoms. The van der Waals surface area contributed by atoms with Gasteiger partial charge in [0.2, 0.25) is 11.7 Å². The molecule has 1 saturated heterocycles. The van der Waals surface area contributed by atoms with Gasteiger partial charge in [-0.05, 0) is 37.5 Å². The van der Waals surface area contributed by atoms with Gasteiger partial charge in [-0.15, -0.1) is 0 Å². The van der Waals surface area contributed by atoms with E-state index in [1.54, 1.807) is 0 Å². The summed E-state index contributed by atoms with van der Waals surface area (Å²) in [6.45, 7) is 0.419. The van der Waals surface area contributed by atoms with E-state index < -0.39 is 23.6 Å². The van der Waals surface area contributed by atoms with Crippen molar-refractivity contribution in [1.29, 1.82) is 0 Å². The minimum Gasteiger partial charge on any atom is -0.337 e. The Hall–Kier alpha value is -3.09. The summed E-state index contributed by atoms with van der Waals surface area (Å²) in [7, 11) is 0. The van der Waals surface area contributed by atoms with E-state index in [1.807, 2.05) is 30.3 Å². The summed E-state index contributed by atoms with van der Waals surface area (Å²) in [4.78, 5) is 18.8. The van der Waals surface area contributed by atoms with Crippen LogP contribution in [0.1, 0.15) is 41.6 Å². The number of aromatic nitrogens is 2. The molecule has 138 valence electrons. The summed E-state index contributed by atoms with van der Waals surface area (Å²) < 4.78 is 33.0. The van der Waals surface area contributed by atoms with Crippen molar-refractivity contribution in [2.45, 2.75) is 25.3 Å². The van der Waals surface area contributed by atoms with Gasteiger partial charge in [-0.3, -0.25) is 4.79 Å². The van der Waals surface area contributed by atoms with Crippen LogP contribution < -0.4 is 0 Å². The second-order valence-electron chi connectivity index (χ2n) is 6.46. The van der Waals surface area contributed by atoms with Crippen molar-refractivity contribution in [3.8, 4) is 11.4 Å². The Bertz CT molecular complexity index is 959. The van der Waals surface area contributed by atoms with Crippen molar-refractivity contribution in [2.75, 3.05) is 6.54 Å². The third kappa shape index (κ3) is 3.45. The van der Waals surface area contributed by atoms with Gasteiger partial charge < -0.3 is 9.42 Å². The molecule has 1 aliphatic heterocycles. The highest BCUT2D eigenvalue weighted by atomic mass is 19.1. The number of piperidine rings is 1. The molecule has 0 bridgehead atoms. The van der Waals surface area contributed by atoms with Crippen molar-refractivity contribution < 1.29 is 18.1 Å². The minimum absolute atomic E-state index is 0.287. The lowest BCUT2D eigenvalue weighted by Gasteiger charge is -2.33. The molecule has 1 unspecified atom stereocenters. The smallest absolute Gasteiger partial charge is 0.257 e. The predicted octanol–water partition coefficient (Wildman–Crippen LogP) is 4.38. The van der Waals surface area contributed by atoms with E-state index in [-0.39, 0.29) is 5.56 Å². The number of nitrogens with zero attached hydrogens (tertiary/aromatic N) is 3. The first-order chi connectivity index (χ1) is 13.1. The zero-order valence-corrected chi connectivity index (χ0v) is 14.4. The zero-order valence-electron chi connectivity index (χ0n) is 14.4. The predicted molar refractivity (Wildman–Crippen MR) is 93.7 cm³/mol. The maximum Gasteiger partial charge on any atom is 0.257 e. The van der Waals surface area contributed by atoms with E-state index in [0.717, 1.165) is 36.6 Å². The zero-order chi connectivity index (χ0) is 18.8. The molecule has 0 aliphatic carbocycles. The van der Waals surface area contributed by atoms with Gasteiger partial charge >= 0.3 is 0 Å². The average Bonchev–Trinajstić information content (AvgIpc) is 3.20. The van der Waals surface area contributed by atoms with Crippen LogP contribution in [0.4, 0.5) is 8.78 Å². The summed E-state index contributed by atoms with van der Waals surface area (Å²) >= 11 is 0. The number of carbonyl (C=O) groups excluding carboxylic acids is 1. The summed E-state index contributed by atoms with van der Waals surface area (Å²) in [5, 5.41) is 4.00. The van der Waals surface area contributed by atoms with E-state index >= 15 is 0 Å². The molecular formula is C20H17F2N3O2. The Kier molecular flexibility index (Phi) is 4.66. The average molecular weight is 369 g/mol. The van der Waals surface area contributed by atoms with Crippen LogP contribution in [0.15, 0.2) is 53.1 Å². The monoisotopic (exact) mass is 369 g/mol. The minimum atomic E-state index is -0.749. The number of benzene rings is 2. The van der Waals surface area contributed by atoms with Crippen LogP contribution in [-0.4, -0.2) is 27.5 Å². The lowest BCUT2D eigenvalue weighted by Crippen LogP contribution is -2.39. The summed E-state index contributed by atoms with van der Waals surface area (Å²) in [6, 6.07) is 11.8. The molecule has 27 heavy (non-hydrogen) atoms. The Morgan fingerprint density at radius 3 is 2.74 bits per heavy atom. The van der Waals surface area contributed by atoms with E-state index in [2.05, 4.69) is 10.1 Å². The van der Waals surface area contributed by atoms with Gasteiger partial charge in [-0.2, -0.15) is 4.98 Å². The van der Waals surface area contributed by atoms with Crippen LogP contribution in [0.25, 0.3) is 11.4 Å². The third-order valence-corrected chi connectivity index (χ3v) is 4.68. The topological polar surface area (TPSA) is 59.2 Å². The number of hydrogen-bond donors (Lipinski definition) is 0. The molecule has 3 aromatic rings. The second-order valence-corrected chi connectivity index (χ2v) is 6.46. The van der Waals surface area contributed by atoms with Crippen LogP contribution in [0.5, 0.6) is 0 Å². The number of rotatable bonds is 3. The largest absolute Gasteiger partial charge is 0.337 e. The molecule has 1 aliphatic rings. The first-order valence-electron chi connectivity index (χ1n) is 8.78. The number of amides is 1. The number of hydrogen-bond acceptors (Lipinski definition) is 4. The molecule has 0 N–H and O–H groups in total. The number of halogens is 2. The molecule has 0 saturated carbocycles. The molecule has 1 aromatic heterocycles. The fourth-order valence-corrected chi connectivity index (χ4v) is 3.32.